The molecule has 1 fully saturated rings. The molecular formula is C24H27BrFN3. The van der Waals surface area contributed by atoms with Gasteiger partial charge in [-0.1, -0.05) is 24.5 Å². The molecule has 0 saturated carbocycles. The van der Waals surface area contributed by atoms with Crippen LogP contribution in [-0.4, -0.2) is 48.7 Å². The van der Waals surface area contributed by atoms with E-state index in [0.717, 1.165) is 60.0 Å². The van der Waals surface area contributed by atoms with Crippen molar-refractivity contribution in [3.05, 3.63) is 87.1 Å². The predicted octanol–water partition coefficient (Wildman–Crippen LogP) is 5.20. The number of halogens is 2. The second-order valence-corrected chi connectivity index (χ2v) is 8.40. The van der Waals surface area contributed by atoms with Crippen molar-refractivity contribution in [1.29, 1.82) is 0 Å². The fourth-order valence-corrected chi connectivity index (χ4v) is 3.79. The molecule has 0 N–H and O–H groups in total. The van der Waals surface area contributed by atoms with Gasteiger partial charge in [0.2, 0.25) is 0 Å². The van der Waals surface area contributed by atoms with E-state index in [1.807, 2.05) is 31.2 Å². The molecule has 0 radical (unpaired) electrons. The summed E-state index contributed by atoms with van der Waals surface area (Å²) in [7, 11) is 2.14. The maximum absolute atomic E-state index is 13.7. The fraction of sp³-hybridized carbons (Fsp3) is 0.333. The van der Waals surface area contributed by atoms with Gasteiger partial charge in [0.1, 0.15) is 11.5 Å². The average molecular weight is 456 g/mol. The van der Waals surface area contributed by atoms with Gasteiger partial charge < -0.3 is 9.80 Å². The highest BCUT2D eigenvalue weighted by atomic mass is 79.9. The van der Waals surface area contributed by atoms with Gasteiger partial charge in [0.15, 0.2) is 0 Å². The molecule has 5 heteroatoms. The highest BCUT2D eigenvalue weighted by Crippen LogP contribution is 2.22. The van der Waals surface area contributed by atoms with Crippen LogP contribution in [0.15, 0.2) is 75.2 Å². The van der Waals surface area contributed by atoms with Crippen molar-refractivity contribution in [1.82, 2.24) is 9.80 Å². The molecule has 1 aromatic carbocycles. The van der Waals surface area contributed by atoms with Crippen LogP contribution in [0, 0.1) is 12.7 Å². The van der Waals surface area contributed by atoms with Gasteiger partial charge in [-0.3, -0.25) is 0 Å². The largest absolute Gasteiger partial charge is 0.361 e. The molecule has 0 bridgehead atoms. The van der Waals surface area contributed by atoms with Gasteiger partial charge in [-0.2, -0.15) is 0 Å². The summed E-state index contributed by atoms with van der Waals surface area (Å²) in [6, 6.07) is 3.41. The Balaban J connectivity index is 1.97. The van der Waals surface area contributed by atoms with Crippen molar-refractivity contribution in [3.8, 4) is 0 Å². The van der Waals surface area contributed by atoms with Crippen LogP contribution in [0.25, 0.3) is 0 Å². The molecule has 2 aliphatic heterocycles. The molecule has 3 nitrogen and oxygen atoms in total. The lowest BCUT2D eigenvalue weighted by Crippen LogP contribution is -2.45. The molecule has 0 unspecified atom stereocenters. The third kappa shape index (κ3) is 5.45. The molecule has 0 atom stereocenters. The Bertz CT molecular complexity index is 957. The molecule has 0 spiro atoms. The van der Waals surface area contributed by atoms with Crippen LogP contribution in [0.3, 0.4) is 0 Å². The molecule has 1 saturated heterocycles. The van der Waals surface area contributed by atoms with E-state index in [2.05, 4.69) is 58.1 Å². The molecule has 2 heterocycles. The highest BCUT2D eigenvalue weighted by molar-refractivity contribution is 9.10. The Labute approximate surface area is 181 Å². The second kappa shape index (κ2) is 9.53. The Kier molecular flexibility index (Phi) is 7.07. The van der Waals surface area contributed by atoms with Crippen molar-refractivity contribution in [2.24, 2.45) is 4.99 Å². The summed E-state index contributed by atoms with van der Waals surface area (Å²) >= 11 is 3.28. The minimum absolute atomic E-state index is 0.233. The number of likely N-dealkylation sites (N-methyl/N-ethyl adjacent to an activating group) is 1. The Morgan fingerprint density at radius 2 is 2.00 bits per heavy atom. The molecule has 0 aliphatic carbocycles. The first-order valence-electron chi connectivity index (χ1n) is 9.81. The lowest BCUT2D eigenvalue weighted by molar-refractivity contribution is 0.192. The molecule has 2 aliphatic rings. The van der Waals surface area contributed by atoms with Crippen molar-refractivity contribution < 1.29 is 4.39 Å². The summed E-state index contributed by atoms with van der Waals surface area (Å²) in [5.41, 5.74) is 9.26. The van der Waals surface area contributed by atoms with E-state index in [9.17, 15) is 4.39 Å². The second-order valence-electron chi connectivity index (χ2n) is 7.54. The number of piperazine rings is 1. The summed E-state index contributed by atoms with van der Waals surface area (Å²) in [5.74, 6) is -0.233. The van der Waals surface area contributed by atoms with Crippen molar-refractivity contribution >= 4 is 21.6 Å². The van der Waals surface area contributed by atoms with E-state index in [4.69, 9.17) is 4.99 Å². The number of nitrogens with zero attached hydrogens (tertiary/aromatic N) is 3. The zero-order chi connectivity index (χ0) is 21.0. The van der Waals surface area contributed by atoms with Crippen LogP contribution < -0.4 is 0 Å². The first kappa shape index (κ1) is 21.5. The lowest BCUT2D eigenvalue weighted by atomic mass is 10.0. The Hall–Kier alpha value is -2.20. The van der Waals surface area contributed by atoms with Gasteiger partial charge in [0.25, 0.3) is 0 Å². The zero-order valence-electron chi connectivity index (χ0n) is 17.3. The number of benzene rings is 1. The van der Waals surface area contributed by atoms with Gasteiger partial charge in [-0.05, 0) is 84.2 Å². The summed E-state index contributed by atoms with van der Waals surface area (Å²) < 4.78 is 14.2. The summed E-state index contributed by atoms with van der Waals surface area (Å²) in [6.07, 6.45) is 8.67. The van der Waals surface area contributed by atoms with Gasteiger partial charge in [-0.15, -0.1) is 0 Å². The van der Waals surface area contributed by atoms with Crippen molar-refractivity contribution in [2.45, 2.75) is 20.3 Å². The first-order valence-corrected chi connectivity index (χ1v) is 10.6. The van der Waals surface area contributed by atoms with E-state index in [-0.39, 0.29) is 5.82 Å². The van der Waals surface area contributed by atoms with Crippen LogP contribution in [0.4, 0.5) is 4.39 Å². The standard InChI is InChI=1S/C24H27BrFN3/c1-17-7-5-8-19(3)27-24(17)23(29-13-11-28(4)12-14-29)10-6-9-20-16-21(25)22(26)15-18(20)2/h5-8,15-16H,3,9,11-14H2,1-2,4H3. The van der Waals surface area contributed by atoms with Gasteiger partial charge >= 0.3 is 0 Å². The topological polar surface area (TPSA) is 18.8 Å². The van der Waals surface area contributed by atoms with Crippen LogP contribution in [0.2, 0.25) is 0 Å². The Morgan fingerprint density at radius 1 is 1.28 bits per heavy atom. The maximum Gasteiger partial charge on any atom is 0.137 e. The van der Waals surface area contributed by atoms with Gasteiger partial charge in [0, 0.05) is 26.2 Å². The molecular weight excluding hydrogens is 429 g/mol. The number of aliphatic imine (C=N–C) groups is 1. The number of allylic oxidation sites excluding steroid dienone is 4. The predicted molar refractivity (Wildman–Crippen MR) is 123 cm³/mol. The number of hydrogen-bond acceptors (Lipinski definition) is 3. The maximum atomic E-state index is 13.7. The zero-order valence-corrected chi connectivity index (χ0v) is 18.9. The SMILES string of the molecule is C=C1C=CC=C(C)C(C(=C=CCc2cc(Br)c(F)cc2C)N2CCN(C)CC2)=N1. The fourth-order valence-electron chi connectivity index (χ4n) is 3.40. The van der Waals surface area contributed by atoms with Crippen LogP contribution in [-0.2, 0) is 6.42 Å². The lowest BCUT2D eigenvalue weighted by Gasteiger charge is -2.35. The third-order valence-corrected chi connectivity index (χ3v) is 5.85. The van der Waals surface area contributed by atoms with Gasteiger partial charge in [0.05, 0.1) is 15.9 Å². The quantitative estimate of drug-likeness (QED) is 0.581. The molecule has 29 heavy (non-hydrogen) atoms. The minimum Gasteiger partial charge on any atom is -0.361 e. The molecule has 3 rings (SSSR count). The van der Waals surface area contributed by atoms with E-state index in [0.29, 0.717) is 10.9 Å². The highest BCUT2D eigenvalue weighted by Gasteiger charge is 2.21. The normalized spacial score (nSPS) is 17.4. The van der Waals surface area contributed by atoms with Crippen molar-refractivity contribution in [2.75, 3.05) is 33.2 Å². The van der Waals surface area contributed by atoms with Crippen molar-refractivity contribution in [3.63, 3.8) is 0 Å². The van der Waals surface area contributed by atoms with Crippen LogP contribution in [0.1, 0.15) is 18.1 Å². The average Bonchev–Trinajstić information content (AvgIpc) is 2.84. The van der Waals surface area contributed by atoms with E-state index in [1.54, 1.807) is 6.07 Å². The smallest absolute Gasteiger partial charge is 0.137 e. The molecule has 0 aromatic heterocycles. The van der Waals surface area contributed by atoms with Gasteiger partial charge in [-0.25, -0.2) is 9.38 Å². The molecule has 152 valence electrons. The van der Waals surface area contributed by atoms with Crippen LogP contribution >= 0.6 is 15.9 Å². The number of hydrogen-bond donors (Lipinski definition) is 0. The monoisotopic (exact) mass is 455 g/mol. The van der Waals surface area contributed by atoms with E-state index < -0.39 is 0 Å². The minimum atomic E-state index is -0.233. The summed E-state index contributed by atoms with van der Waals surface area (Å²) in [4.78, 5) is 9.43. The number of rotatable bonds is 4. The summed E-state index contributed by atoms with van der Waals surface area (Å²) in [6.45, 7) is 11.9. The molecule has 0 amide bonds. The van der Waals surface area contributed by atoms with E-state index >= 15 is 0 Å². The summed E-state index contributed by atoms with van der Waals surface area (Å²) in [5, 5.41) is 0. The number of aryl methyl sites for hydroxylation is 1. The first-order chi connectivity index (χ1) is 13.8. The molecule has 1 aromatic rings. The Morgan fingerprint density at radius 3 is 2.72 bits per heavy atom. The third-order valence-electron chi connectivity index (χ3n) is 5.25. The van der Waals surface area contributed by atoms with E-state index in [1.165, 1.54) is 0 Å². The van der Waals surface area contributed by atoms with Crippen LogP contribution in [0.5, 0.6) is 0 Å².